The van der Waals surface area contributed by atoms with E-state index in [2.05, 4.69) is 13.8 Å². The Labute approximate surface area is 156 Å². The van der Waals surface area contributed by atoms with Gasteiger partial charge in [-0.05, 0) is 43.8 Å². The van der Waals surface area contributed by atoms with Gasteiger partial charge in [-0.3, -0.25) is 4.79 Å². The summed E-state index contributed by atoms with van der Waals surface area (Å²) in [5.74, 6) is -2.67. The fourth-order valence-electron chi connectivity index (χ4n) is 2.90. The molecule has 6 heteroatoms. The number of piperidine rings is 1. The Hall–Kier alpha value is -1.46. The minimum Gasteiger partial charge on any atom is -0.501 e. The van der Waals surface area contributed by atoms with Crippen molar-refractivity contribution in [3.05, 3.63) is 23.5 Å². The number of amides is 1. The summed E-state index contributed by atoms with van der Waals surface area (Å²) in [7, 11) is 1.39. The second-order valence-electron chi connectivity index (χ2n) is 6.71. The van der Waals surface area contributed by atoms with Gasteiger partial charge in [0.2, 0.25) is 5.91 Å². The molecule has 0 saturated carbocycles. The molecule has 0 aromatic rings. The molecule has 1 amide bonds. The smallest absolute Gasteiger partial charge is 0.404 e. The van der Waals surface area contributed by atoms with Gasteiger partial charge < -0.3 is 9.64 Å². The maximum atomic E-state index is 13.6. The van der Waals surface area contributed by atoms with Crippen LogP contribution < -0.4 is 0 Å². The van der Waals surface area contributed by atoms with Crippen molar-refractivity contribution in [2.75, 3.05) is 20.2 Å². The zero-order valence-corrected chi connectivity index (χ0v) is 17.2. The van der Waals surface area contributed by atoms with Crippen molar-refractivity contribution in [2.45, 2.75) is 67.0 Å². The highest BCUT2D eigenvalue weighted by Crippen LogP contribution is 2.38. The molecule has 1 aliphatic heterocycles. The molecule has 1 heterocycles. The molecule has 1 aliphatic rings. The van der Waals surface area contributed by atoms with Crippen molar-refractivity contribution in [3.63, 3.8) is 0 Å². The second-order valence-corrected chi connectivity index (χ2v) is 6.71. The molecule has 0 aromatic carbocycles. The molecule has 3 nitrogen and oxygen atoms in total. The van der Waals surface area contributed by atoms with Crippen LogP contribution >= 0.6 is 0 Å². The summed E-state index contributed by atoms with van der Waals surface area (Å²) in [5.41, 5.74) is 0.0381. The molecule has 0 N–H and O–H groups in total. The molecule has 0 aliphatic carbocycles. The van der Waals surface area contributed by atoms with E-state index in [0.29, 0.717) is 18.8 Å². The van der Waals surface area contributed by atoms with Gasteiger partial charge in [0.05, 0.1) is 12.9 Å². The summed E-state index contributed by atoms with van der Waals surface area (Å²) in [5, 5.41) is 0. The summed E-state index contributed by atoms with van der Waals surface area (Å²) in [6.07, 6.45) is 0.424. The lowest BCUT2D eigenvalue weighted by Crippen LogP contribution is -2.48. The van der Waals surface area contributed by atoms with Crippen molar-refractivity contribution in [3.8, 4) is 0 Å². The average Bonchev–Trinajstić information content (AvgIpc) is 2.61. The summed E-state index contributed by atoms with van der Waals surface area (Å²) in [4.78, 5) is 14.0. The average molecular weight is 377 g/mol. The summed E-state index contributed by atoms with van der Waals surface area (Å²) in [6.45, 7) is 12.0. The van der Waals surface area contributed by atoms with E-state index in [1.165, 1.54) is 31.1 Å². The van der Waals surface area contributed by atoms with Gasteiger partial charge in [-0.1, -0.05) is 40.2 Å². The Morgan fingerprint density at radius 3 is 2.12 bits per heavy atom. The standard InChI is InChI=1S/C18H28F3NO2.C2H6/c1-6-14(12-13(3)24-5)15(18(19,20)21)16(23)22-10-8-17(4,7-2)9-11-22;1-2/h6,12,15H,7-11H2,1-5H3;1-2H3/b13-12+,14-6+;. The summed E-state index contributed by atoms with van der Waals surface area (Å²) >= 11 is 0. The maximum absolute atomic E-state index is 13.6. The number of nitrogens with zero attached hydrogens (tertiary/aromatic N) is 1. The number of hydrogen-bond acceptors (Lipinski definition) is 2. The lowest BCUT2D eigenvalue weighted by atomic mass is 9.78. The van der Waals surface area contributed by atoms with Crippen molar-refractivity contribution in [1.29, 1.82) is 0 Å². The quantitative estimate of drug-likeness (QED) is 0.452. The van der Waals surface area contributed by atoms with E-state index in [4.69, 9.17) is 4.74 Å². The highest BCUT2D eigenvalue weighted by atomic mass is 19.4. The fourth-order valence-corrected chi connectivity index (χ4v) is 2.90. The number of ether oxygens (including phenoxy) is 1. The third-order valence-electron chi connectivity index (χ3n) is 5.07. The number of alkyl halides is 3. The third kappa shape index (κ3) is 6.69. The largest absolute Gasteiger partial charge is 0.501 e. The van der Waals surface area contributed by atoms with Gasteiger partial charge in [-0.2, -0.15) is 13.2 Å². The third-order valence-corrected chi connectivity index (χ3v) is 5.07. The van der Waals surface area contributed by atoms with E-state index in [-0.39, 0.29) is 11.0 Å². The molecule has 0 radical (unpaired) electrons. The Kier molecular flexibility index (Phi) is 10.0. The first-order chi connectivity index (χ1) is 12.1. The number of carbonyl (C=O) groups excluding carboxylic acids is 1. The van der Waals surface area contributed by atoms with E-state index >= 15 is 0 Å². The maximum Gasteiger partial charge on any atom is 0.404 e. The first-order valence-corrected chi connectivity index (χ1v) is 9.32. The molecule has 26 heavy (non-hydrogen) atoms. The molecule has 0 spiro atoms. The monoisotopic (exact) mass is 377 g/mol. The van der Waals surface area contributed by atoms with Crippen molar-refractivity contribution >= 4 is 5.91 Å². The van der Waals surface area contributed by atoms with Crippen LogP contribution in [0.15, 0.2) is 23.5 Å². The molecule has 0 aromatic heterocycles. The molecule has 1 atom stereocenters. The zero-order valence-electron chi connectivity index (χ0n) is 17.2. The van der Waals surface area contributed by atoms with Crippen LogP contribution in [0.2, 0.25) is 0 Å². The normalized spacial score (nSPS) is 19.4. The molecular formula is C20H34F3NO2. The number of carbonyl (C=O) groups is 1. The predicted octanol–water partition coefficient (Wildman–Crippen LogP) is 5.73. The van der Waals surface area contributed by atoms with E-state index in [0.717, 1.165) is 19.3 Å². The van der Waals surface area contributed by atoms with Gasteiger partial charge >= 0.3 is 6.18 Å². The van der Waals surface area contributed by atoms with Gasteiger partial charge in [0, 0.05) is 13.1 Å². The lowest BCUT2D eigenvalue weighted by molar-refractivity contribution is -0.182. The van der Waals surface area contributed by atoms with Crippen LogP contribution in [0.1, 0.15) is 60.8 Å². The van der Waals surface area contributed by atoms with Crippen LogP contribution in [0.4, 0.5) is 13.2 Å². The van der Waals surface area contributed by atoms with Gasteiger partial charge in [-0.15, -0.1) is 0 Å². The number of likely N-dealkylation sites (tertiary alicyclic amines) is 1. The fraction of sp³-hybridized carbons (Fsp3) is 0.750. The van der Waals surface area contributed by atoms with Crippen molar-refractivity contribution in [1.82, 2.24) is 4.90 Å². The van der Waals surface area contributed by atoms with Gasteiger partial charge in [0.15, 0.2) is 5.92 Å². The number of rotatable bonds is 5. The first-order valence-electron chi connectivity index (χ1n) is 9.32. The second kappa shape index (κ2) is 10.6. The van der Waals surface area contributed by atoms with Crippen molar-refractivity contribution < 1.29 is 22.7 Å². The van der Waals surface area contributed by atoms with Crippen molar-refractivity contribution in [2.24, 2.45) is 11.3 Å². The molecule has 1 fully saturated rings. The number of halogens is 3. The van der Waals surface area contributed by atoms with Gasteiger partial charge in [0.25, 0.3) is 0 Å². The van der Waals surface area contributed by atoms with Crippen LogP contribution in [0.3, 0.4) is 0 Å². The zero-order chi connectivity index (χ0) is 20.5. The number of hydrogen-bond donors (Lipinski definition) is 0. The van der Waals surface area contributed by atoms with Crippen LogP contribution in [0, 0.1) is 11.3 Å². The Morgan fingerprint density at radius 1 is 1.27 bits per heavy atom. The van der Waals surface area contributed by atoms with Gasteiger partial charge in [0.1, 0.15) is 0 Å². The summed E-state index contributed by atoms with van der Waals surface area (Å²) < 4.78 is 45.7. The number of methoxy groups -OCH3 is 1. The topological polar surface area (TPSA) is 29.5 Å². The molecule has 1 unspecified atom stereocenters. The first kappa shape index (κ1) is 24.5. The SMILES string of the molecule is C/C=C(\C=C(/C)OC)C(C(=O)N1CCC(C)(CC)CC1)C(F)(F)F.CC. The van der Waals surface area contributed by atoms with E-state index in [9.17, 15) is 18.0 Å². The van der Waals surface area contributed by atoms with Gasteiger partial charge in [-0.25, -0.2) is 0 Å². The Balaban J connectivity index is 0.00000301. The van der Waals surface area contributed by atoms with E-state index in [1.54, 1.807) is 6.92 Å². The van der Waals surface area contributed by atoms with Crippen LogP contribution in [-0.2, 0) is 9.53 Å². The van der Waals surface area contributed by atoms with Crippen LogP contribution in [0.25, 0.3) is 0 Å². The lowest BCUT2D eigenvalue weighted by Gasteiger charge is -2.40. The highest BCUT2D eigenvalue weighted by molar-refractivity contribution is 5.83. The van der Waals surface area contributed by atoms with Crippen LogP contribution in [0.5, 0.6) is 0 Å². The summed E-state index contributed by atoms with van der Waals surface area (Å²) in [6, 6.07) is 0. The van der Waals surface area contributed by atoms with E-state index in [1.807, 2.05) is 13.8 Å². The molecular weight excluding hydrogens is 343 g/mol. The number of allylic oxidation sites excluding steroid dienone is 3. The van der Waals surface area contributed by atoms with E-state index < -0.39 is 18.0 Å². The van der Waals surface area contributed by atoms with Crippen LogP contribution in [-0.4, -0.2) is 37.2 Å². The molecule has 1 rings (SSSR count). The Morgan fingerprint density at radius 2 is 1.77 bits per heavy atom. The molecule has 1 saturated heterocycles. The molecule has 152 valence electrons. The molecule has 0 bridgehead atoms. The predicted molar refractivity (Wildman–Crippen MR) is 99.6 cm³/mol. The Bertz CT molecular complexity index is 502. The minimum absolute atomic E-state index is 0.0734. The minimum atomic E-state index is -4.63. The highest BCUT2D eigenvalue weighted by Gasteiger charge is 2.48.